The molecule has 2 saturated carbocycles. The summed E-state index contributed by atoms with van der Waals surface area (Å²) in [6, 6.07) is 0. The molecule has 2 fully saturated rings. The van der Waals surface area contributed by atoms with Crippen LogP contribution < -0.4 is 0 Å². The SMILES string of the molecule is Br.Br.CC(C)C1CCCC(C[CH2][Tl])C1.CC(C)C1CCCC(C[CH2][Tl])C1. The van der Waals surface area contributed by atoms with Crippen LogP contribution in [0.2, 0.25) is 7.96 Å². The van der Waals surface area contributed by atoms with Gasteiger partial charge in [-0.15, -0.1) is 34.0 Å². The quantitative estimate of drug-likeness (QED) is 0.238. The van der Waals surface area contributed by atoms with E-state index in [4.69, 9.17) is 0 Å². The van der Waals surface area contributed by atoms with Gasteiger partial charge in [-0.1, -0.05) is 0 Å². The van der Waals surface area contributed by atoms with Crippen LogP contribution in [0, 0.1) is 35.5 Å². The van der Waals surface area contributed by atoms with Crippen LogP contribution >= 0.6 is 34.0 Å². The van der Waals surface area contributed by atoms with E-state index >= 15 is 0 Å². The third-order valence-corrected chi connectivity index (χ3v) is 9.27. The molecule has 4 atom stereocenters. The first-order valence-corrected chi connectivity index (χ1v) is 17.2. The summed E-state index contributed by atoms with van der Waals surface area (Å²) in [5, 5.41) is 0. The molecule has 0 spiro atoms. The zero-order valence-corrected chi connectivity index (χ0v) is 30.3. The molecule has 0 radical (unpaired) electrons. The van der Waals surface area contributed by atoms with Gasteiger partial charge in [-0.3, -0.25) is 0 Å². The monoisotopic (exact) mass is 876 g/mol. The molecule has 0 aromatic rings. The number of hydrogen-bond acceptors (Lipinski definition) is 0. The average molecular weight is 877 g/mol. The van der Waals surface area contributed by atoms with Crippen molar-refractivity contribution in [3.05, 3.63) is 0 Å². The second kappa shape index (κ2) is 18.6. The molecule has 2 aliphatic carbocycles. The minimum absolute atomic E-state index is 0. The van der Waals surface area contributed by atoms with Crippen LogP contribution in [0.4, 0.5) is 0 Å². The predicted molar refractivity (Wildman–Crippen MR) is 132 cm³/mol. The Bertz CT molecular complexity index is 277. The van der Waals surface area contributed by atoms with Crippen molar-refractivity contribution in [1.82, 2.24) is 0 Å². The first-order chi connectivity index (χ1) is 11.5. The fourth-order valence-electron chi connectivity index (χ4n) is 4.87. The van der Waals surface area contributed by atoms with Gasteiger partial charge in [0.15, 0.2) is 0 Å². The molecular weight excluding hydrogens is 833 g/mol. The molecule has 0 aliphatic heterocycles. The Morgan fingerprint density at radius 3 is 1.27 bits per heavy atom. The summed E-state index contributed by atoms with van der Waals surface area (Å²) in [6.45, 7) is 9.59. The Morgan fingerprint density at radius 2 is 1.00 bits per heavy atom. The van der Waals surface area contributed by atoms with E-state index in [2.05, 4.69) is 27.7 Å². The van der Waals surface area contributed by atoms with Crippen molar-refractivity contribution in [1.29, 1.82) is 0 Å². The molecule has 0 amide bonds. The van der Waals surface area contributed by atoms with Crippen LogP contribution in [0.15, 0.2) is 0 Å². The Labute approximate surface area is 218 Å². The van der Waals surface area contributed by atoms with Gasteiger partial charge in [0.1, 0.15) is 0 Å². The first-order valence-electron chi connectivity index (χ1n) is 10.9. The fourth-order valence-corrected chi connectivity index (χ4v) is 8.54. The molecule has 0 aromatic heterocycles. The number of hydrogen-bond donors (Lipinski definition) is 0. The van der Waals surface area contributed by atoms with E-state index in [-0.39, 0.29) is 34.0 Å². The van der Waals surface area contributed by atoms with E-state index in [1.54, 1.807) is 33.6 Å². The molecule has 0 N–H and O–H groups in total. The molecule has 0 nitrogen and oxygen atoms in total. The van der Waals surface area contributed by atoms with E-state index in [1.165, 1.54) is 90.1 Å². The second-order valence-corrected chi connectivity index (χ2v) is 13.7. The summed E-state index contributed by atoms with van der Waals surface area (Å²) < 4.78 is 3.10. The van der Waals surface area contributed by atoms with Crippen molar-refractivity contribution < 1.29 is 0 Å². The van der Waals surface area contributed by atoms with E-state index < -0.39 is 0 Å². The zero-order chi connectivity index (χ0) is 17.9. The molecule has 2 rings (SSSR count). The van der Waals surface area contributed by atoms with Gasteiger partial charge < -0.3 is 0 Å². The van der Waals surface area contributed by atoms with Crippen LogP contribution in [-0.4, -0.2) is 51.5 Å². The van der Waals surface area contributed by atoms with Gasteiger partial charge in [-0.2, -0.15) is 0 Å². The van der Waals surface area contributed by atoms with Crippen LogP contribution in [0.5, 0.6) is 0 Å². The van der Waals surface area contributed by atoms with Crippen molar-refractivity contribution in [3.8, 4) is 0 Å². The molecule has 0 saturated heterocycles. The van der Waals surface area contributed by atoms with E-state index in [0.717, 1.165) is 35.5 Å². The van der Waals surface area contributed by atoms with Crippen LogP contribution in [-0.2, 0) is 0 Å². The van der Waals surface area contributed by atoms with Gasteiger partial charge in [0.2, 0.25) is 0 Å². The van der Waals surface area contributed by atoms with Crippen molar-refractivity contribution in [3.63, 3.8) is 0 Å². The summed E-state index contributed by atoms with van der Waals surface area (Å²) >= 11 is 2.46. The number of halogens is 2. The summed E-state index contributed by atoms with van der Waals surface area (Å²) in [4.78, 5) is 0. The minimum atomic E-state index is 0. The molecule has 0 heterocycles. The molecule has 0 bridgehead atoms. The third kappa shape index (κ3) is 13.2. The van der Waals surface area contributed by atoms with Gasteiger partial charge in [-0.05, 0) is 0 Å². The van der Waals surface area contributed by atoms with Crippen LogP contribution in [0.25, 0.3) is 0 Å². The zero-order valence-electron chi connectivity index (χ0n) is 17.9. The molecule has 2 aliphatic rings. The molecule has 0 aromatic carbocycles. The summed E-state index contributed by atoms with van der Waals surface area (Å²) in [5.41, 5.74) is 0. The maximum absolute atomic E-state index is 2.40. The Balaban J connectivity index is 0. The van der Waals surface area contributed by atoms with Gasteiger partial charge in [0.25, 0.3) is 0 Å². The molecule has 4 heteroatoms. The number of rotatable bonds is 6. The Kier molecular flexibility index (Phi) is 22.1. The Hall–Kier alpha value is 2.80. The molecule has 4 unspecified atom stereocenters. The van der Waals surface area contributed by atoms with Gasteiger partial charge in [0, 0.05) is 0 Å². The fraction of sp³-hybridized carbons (Fsp3) is 1.00. The second-order valence-electron chi connectivity index (χ2n) is 9.23. The van der Waals surface area contributed by atoms with Gasteiger partial charge >= 0.3 is 187 Å². The normalized spacial score (nSPS) is 28.5. The van der Waals surface area contributed by atoms with Crippen molar-refractivity contribution >= 4 is 85.5 Å². The maximum atomic E-state index is 2.40. The Morgan fingerprint density at radius 1 is 0.654 bits per heavy atom. The summed E-state index contributed by atoms with van der Waals surface area (Å²) in [7, 11) is 0. The van der Waals surface area contributed by atoms with Crippen LogP contribution in [0.1, 0.15) is 91.9 Å². The molecular formula is C22H44Br2Tl2. The standard InChI is InChI=1S/2C11H21.2BrH.2Tl/c2*1-4-10-6-5-7-11(8-10)9(2)3;;;;/h2*9-11H,1,4-8H2,2-3H3;2*1H;;. The van der Waals surface area contributed by atoms with Crippen LogP contribution in [0.3, 0.4) is 0 Å². The van der Waals surface area contributed by atoms with Crippen molar-refractivity contribution in [2.75, 3.05) is 0 Å². The first kappa shape index (κ1) is 31.0. The van der Waals surface area contributed by atoms with E-state index in [9.17, 15) is 0 Å². The van der Waals surface area contributed by atoms with Gasteiger partial charge in [0.05, 0.1) is 0 Å². The molecule has 26 heavy (non-hydrogen) atoms. The summed E-state index contributed by atoms with van der Waals surface area (Å²) in [5.74, 6) is 6.20. The van der Waals surface area contributed by atoms with E-state index in [0.29, 0.717) is 0 Å². The van der Waals surface area contributed by atoms with Crippen molar-refractivity contribution in [2.45, 2.75) is 99.9 Å². The van der Waals surface area contributed by atoms with Gasteiger partial charge in [-0.25, -0.2) is 0 Å². The average Bonchev–Trinajstić information content (AvgIpc) is 2.56. The van der Waals surface area contributed by atoms with E-state index in [1.807, 2.05) is 0 Å². The van der Waals surface area contributed by atoms with Crippen molar-refractivity contribution in [2.24, 2.45) is 35.5 Å². The summed E-state index contributed by atoms with van der Waals surface area (Å²) in [6.07, 6.45) is 15.3. The third-order valence-electron chi connectivity index (χ3n) is 6.68. The predicted octanol–water partition coefficient (Wildman–Crippen LogP) is 8.01. The molecule has 152 valence electrons. The topological polar surface area (TPSA) is 0 Å².